The van der Waals surface area contributed by atoms with Crippen molar-refractivity contribution in [3.63, 3.8) is 0 Å². The van der Waals surface area contributed by atoms with Gasteiger partial charge in [-0.3, -0.25) is 4.55 Å². The van der Waals surface area contributed by atoms with E-state index in [9.17, 15) is 17.8 Å². The first-order valence-corrected chi connectivity index (χ1v) is 9.78. The van der Waals surface area contributed by atoms with Crippen LogP contribution in [0.5, 0.6) is 0 Å². The Morgan fingerprint density at radius 2 is 1.81 bits per heavy atom. The molecule has 0 saturated heterocycles. The Balaban J connectivity index is 2.19. The first-order chi connectivity index (χ1) is 12.8. The van der Waals surface area contributed by atoms with E-state index < -0.39 is 16.1 Å². The number of nitrogens with zero attached hydrogens (tertiary/aromatic N) is 1. The van der Waals surface area contributed by atoms with Gasteiger partial charge in [0.2, 0.25) is 0 Å². The molecule has 3 rings (SSSR count). The third-order valence-corrected chi connectivity index (χ3v) is 5.18. The summed E-state index contributed by atoms with van der Waals surface area (Å²) in [6.45, 7) is 3.59. The maximum Gasteiger partial charge on any atom is 0.339 e. The Morgan fingerprint density at radius 1 is 1.11 bits per heavy atom. The second-order valence-electron chi connectivity index (χ2n) is 5.99. The number of hydrogen-bond acceptors (Lipinski definition) is 4. The van der Waals surface area contributed by atoms with Crippen LogP contribution in [0, 0.1) is 6.92 Å². The molecule has 0 radical (unpaired) electrons. The molecule has 0 atom stereocenters. The predicted octanol–water partition coefficient (Wildman–Crippen LogP) is 3.88. The van der Waals surface area contributed by atoms with E-state index in [0.717, 1.165) is 5.56 Å². The molecule has 0 bridgehead atoms. The largest absolute Gasteiger partial charge is 0.462 e. The third-order valence-electron chi connectivity index (χ3n) is 4.20. The fourth-order valence-corrected chi connectivity index (χ4v) is 3.66. The molecule has 2 aromatic carbocycles. The van der Waals surface area contributed by atoms with E-state index in [-0.39, 0.29) is 11.5 Å². The number of carbonyl (C=O) groups is 1. The molecular weight excluding hydrogens is 366 g/mol. The average Bonchev–Trinajstić information content (AvgIpc) is 3.12. The van der Waals surface area contributed by atoms with Crippen molar-refractivity contribution in [1.29, 1.82) is 0 Å². The molecule has 7 heteroatoms. The Bertz CT molecular complexity index is 1080. The first-order valence-electron chi connectivity index (χ1n) is 8.34. The molecule has 0 aliphatic carbocycles. The van der Waals surface area contributed by atoms with Gasteiger partial charge in [0.05, 0.1) is 17.1 Å². The highest BCUT2D eigenvalue weighted by Crippen LogP contribution is 2.30. The smallest absolute Gasteiger partial charge is 0.339 e. The van der Waals surface area contributed by atoms with Crippen LogP contribution in [-0.4, -0.2) is 30.1 Å². The summed E-state index contributed by atoms with van der Waals surface area (Å²) in [6, 6.07) is 14.1. The molecular formula is C20H19NO5S. The summed E-state index contributed by atoms with van der Waals surface area (Å²) in [7, 11) is -4.42. The van der Waals surface area contributed by atoms with Gasteiger partial charge in [-0.15, -0.1) is 0 Å². The maximum absolute atomic E-state index is 11.9. The van der Waals surface area contributed by atoms with Gasteiger partial charge in [0.25, 0.3) is 10.1 Å². The molecule has 1 N–H and O–H groups in total. The van der Waals surface area contributed by atoms with E-state index in [2.05, 4.69) is 0 Å². The summed E-state index contributed by atoms with van der Waals surface area (Å²) in [6.07, 6.45) is 3.22. The summed E-state index contributed by atoms with van der Waals surface area (Å²) >= 11 is 0. The Hall–Kier alpha value is -2.90. The summed E-state index contributed by atoms with van der Waals surface area (Å²) in [5, 5.41) is 0. The monoisotopic (exact) mass is 385 g/mol. The van der Waals surface area contributed by atoms with Crippen LogP contribution in [0.1, 0.15) is 22.8 Å². The Morgan fingerprint density at radius 3 is 2.44 bits per heavy atom. The quantitative estimate of drug-likeness (QED) is 0.532. The zero-order valence-corrected chi connectivity index (χ0v) is 15.7. The third kappa shape index (κ3) is 3.94. The molecule has 1 heterocycles. The standard InChI is InChI=1S/C20H19NO5S/c1-3-26-20(22)16-9-10-21(13-16)18-11-17(15-7-5-4-6-8-15)12-19(14(18)2)27(23,24)25/h4-13H,3H2,1-2H3,(H,23,24,25). The first kappa shape index (κ1) is 18.9. The maximum atomic E-state index is 11.9. The van der Waals surface area contributed by atoms with Crippen LogP contribution >= 0.6 is 0 Å². The van der Waals surface area contributed by atoms with Crippen molar-refractivity contribution in [1.82, 2.24) is 4.57 Å². The Labute approximate surface area is 157 Å². The molecule has 1 aromatic heterocycles. The van der Waals surface area contributed by atoms with Crippen molar-refractivity contribution in [3.05, 3.63) is 72.1 Å². The van der Waals surface area contributed by atoms with Gasteiger partial charge in [0, 0.05) is 18.1 Å². The number of aromatic nitrogens is 1. The van der Waals surface area contributed by atoms with Gasteiger partial charge in [-0.25, -0.2) is 4.79 Å². The normalized spacial score (nSPS) is 11.4. The van der Waals surface area contributed by atoms with Gasteiger partial charge >= 0.3 is 5.97 Å². The molecule has 0 aliphatic rings. The molecule has 6 nitrogen and oxygen atoms in total. The molecule has 0 spiro atoms. The number of hydrogen-bond donors (Lipinski definition) is 1. The highest BCUT2D eigenvalue weighted by molar-refractivity contribution is 7.85. The zero-order valence-electron chi connectivity index (χ0n) is 14.9. The van der Waals surface area contributed by atoms with Crippen LogP contribution in [0.25, 0.3) is 16.8 Å². The topological polar surface area (TPSA) is 85.6 Å². The molecule has 0 aliphatic heterocycles. The Kier molecular flexibility index (Phi) is 5.16. The average molecular weight is 385 g/mol. The minimum absolute atomic E-state index is 0.176. The van der Waals surface area contributed by atoms with Crippen LogP contribution in [0.3, 0.4) is 0 Å². The van der Waals surface area contributed by atoms with Gasteiger partial charge in [-0.05, 0) is 48.7 Å². The second-order valence-corrected chi connectivity index (χ2v) is 7.38. The van der Waals surface area contributed by atoms with Crippen LogP contribution in [-0.2, 0) is 14.9 Å². The van der Waals surface area contributed by atoms with Crippen molar-refractivity contribution in [2.45, 2.75) is 18.7 Å². The van der Waals surface area contributed by atoms with Gasteiger partial charge in [0.15, 0.2) is 0 Å². The van der Waals surface area contributed by atoms with Crippen LogP contribution < -0.4 is 0 Å². The summed E-state index contributed by atoms with van der Waals surface area (Å²) in [4.78, 5) is 11.7. The van der Waals surface area contributed by atoms with E-state index >= 15 is 0 Å². The van der Waals surface area contributed by atoms with Crippen molar-refractivity contribution in [2.24, 2.45) is 0 Å². The fraction of sp³-hybridized carbons (Fsp3) is 0.150. The van der Waals surface area contributed by atoms with E-state index in [4.69, 9.17) is 4.74 Å². The van der Waals surface area contributed by atoms with Crippen LogP contribution in [0.2, 0.25) is 0 Å². The van der Waals surface area contributed by atoms with Crippen molar-refractivity contribution < 1.29 is 22.5 Å². The lowest BCUT2D eigenvalue weighted by atomic mass is 10.0. The highest BCUT2D eigenvalue weighted by atomic mass is 32.2. The lowest BCUT2D eigenvalue weighted by Gasteiger charge is -2.14. The SMILES string of the molecule is CCOC(=O)c1ccn(-c2cc(-c3ccccc3)cc(S(=O)(=O)O)c2C)c1. The van der Waals surface area contributed by atoms with Crippen molar-refractivity contribution >= 4 is 16.1 Å². The second kappa shape index (κ2) is 7.38. The fourth-order valence-electron chi connectivity index (χ4n) is 2.89. The number of benzene rings is 2. The summed E-state index contributed by atoms with van der Waals surface area (Å²) < 4.78 is 40.1. The zero-order chi connectivity index (χ0) is 19.6. The number of esters is 1. The van der Waals surface area contributed by atoms with Gasteiger partial charge in [-0.2, -0.15) is 8.42 Å². The van der Waals surface area contributed by atoms with Crippen LogP contribution in [0.15, 0.2) is 65.8 Å². The minimum Gasteiger partial charge on any atom is -0.462 e. The van der Waals surface area contributed by atoms with Gasteiger partial charge < -0.3 is 9.30 Å². The molecule has 140 valence electrons. The van der Waals surface area contributed by atoms with Crippen molar-refractivity contribution in [3.8, 4) is 16.8 Å². The van der Waals surface area contributed by atoms with Crippen LogP contribution in [0.4, 0.5) is 0 Å². The van der Waals surface area contributed by atoms with Gasteiger partial charge in [0.1, 0.15) is 0 Å². The molecule has 3 aromatic rings. The predicted molar refractivity (Wildman–Crippen MR) is 102 cm³/mol. The minimum atomic E-state index is -4.42. The van der Waals surface area contributed by atoms with Gasteiger partial charge in [-0.1, -0.05) is 30.3 Å². The number of rotatable bonds is 5. The molecule has 27 heavy (non-hydrogen) atoms. The molecule has 0 fully saturated rings. The van der Waals surface area contributed by atoms with E-state index in [1.54, 1.807) is 36.9 Å². The molecule has 0 saturated carbocycles. The highest BCUT2D eigenvalue weighted by Gasteiger charge is 2.19. The number of carbonyl (C=O) groups excluding carboxylic acids is 1. The molecule has 0 amide bonds. The summed E-state index contributed by atoms with van der Waals surface area (Å²) in [5.74, 6) is -0.455. The van der Waals surface area contributed by atoms with E-state index in [1.807, 2.05) is 36.4 Å². The lowest BCUT2D eigenvalue weighted by molar-refractivity contribution is 0.0526. The van der Waals surface area contributed by atoms with Crippen molar-refractivity contribution in [2.75, 3.05) is 6.61 Å². The van der Waals surface area contributed by atoms with E-state index in [1.165, 1.54) is 6.07 Å². The number of ether oxygens (including phenoxy) is 1. The lowest BCUT2D eigenvalue weighted by Crippen LogP contribution is -2.06. The molecule has 0 unspecified atom stereocenters. The van der Waals surface area contributed by atoms with E-state index in [0.29, 0.717) is 22.4 Å². The summed E-state index contributed by atoms with van der Waals surface area (Å²) in [5.41, 5.74) is 2.72.